The molecule has 1 atom stereocenters. The van der Waals surface area contributed by atoms with Gasteiger partial charge in [0.1, 0.15) is 11.7 Å². The molecule has 0 saturated carbocycles. The van der Waals surface area contributed by atoms with Crippen LogP contribution in [-0.4, -0.2) is 46.9 Å². The van der Waals surface area contributed by atoms with Crippen molar-refractivity contribution in [3.8, 4) is 10.4 Å². The molecule has 2 aromatic heterocycles. The Morgan fingerprint density at radius 2 is 1.68 bits per heavy atom. The van der Waals surface area contributed by atoms with Crippen LogP contribution >= 0.6 is 22.7 Å². The molecule has 1 fully saturated rings. The fourth-order valence-corrected chi connectivity index (χ4v) is 5.81. The largest absolute Gasteiger partial charge is 0.460 e. The third kappa shape index (κ3) is 5.35. The number of amides is 1. The van der Waals surface area contributed by atoms with Gasteiger partial charge < -0.3 is 19.5 Å². The number of piperidine rings is 1. The van der Waals surface area contributed by atoms with E-state index in [0.717, 1.165) is 10.4 Å². The Labute approximate surface area is 207 Å². The summed E-state index contributed by atoms with van der Waals surface area (Å²) in [6, 6.07) is 17.1. The molecule has 1 aromatic carbocycles. The van der Waals surface area contributed by atoms with E-state index in [4.69, 9.17) is 9.47 Å². The summed E-state index contributed by atoms with van der Waals surface area (Å²) in [6.07, 6.45) is 0.238. The molecule has 8 heteroatoms. The second kappa shape index (κ2) is 9.90. The number of thiophene rings is 2. The van der Waals surface area contributed by atoms with Gasteiger partial charge in [0.15, 0.2) is 0 Å². The van der Waals surface area contributed by atoms with Crippen LogP contribution in [-0.2, 0) is 19.9 Å². The monoisotopic (exact) mass is 499 g/mol. The minimum absolute atomic E-state index is 0.362. The van der Waals surface area contributed by atoms with Gasteiger partial charge in [-0.2, -0.15) is 0 Å². The van der Waals surface area contributed by atoms with Crippen LogP contribution in [0.3, 0.4) is 0 Å². The zero-order valence-electron chi connectivity index (χ0n) is 19.5. The summed E-state index contributed by atoms with van der Waals surface area (Å²) < 4.78 is 11.3. The second-order valence-corrected chi connectivity index (χ2v) is 11.3. The smallest absolute Gasteiger partial charge is 0.410 e. The lowest BCUT2D eigenvalue weighted by atomic mass is 9.99. The predicted octanol–water partition coefficient (Wildman–Crippen LogP) is 5.66. The maximum atomic E-state index is 13.4. The van der Waals surface area contributed by atoms with E-state index < -0.39 is 17.2 Å². The van der Waals surface area contributed by atoms with Gasteiger partial charge in [-0.15, -0.1) is 22.7 Å². The van der Waals surface area contributed by atoms with Crippen LogP contribution in [0, 0.1) is 0 Å². The molecule has 180 valence electrons. The van der Waals surface area contributed by atoms with Gasteiger partial charge in [-0.25, -0.2) is 9.59 Å². The molecule has 3 heterocycles. The maximum absolute atomic E-state index is 13.4. The van der Waals surface area contributed by atoms with E-state index in [1.165, 1.54) is 22.7 Å². The van der Waals surface area contributed by atoms with Crippen LogP contribution in [0.2, 0.25) is 0 Å². The van der Waals surface area contributed by atoms with Gasteiger partial charge in [-0.3, -0.25) is 0 Å². The lowest BCUT2D eigenvalue weighted by Crippen LogP contribution is -2.45. The number of ether oxygens (including phenoxy) is 2. The zero-order chi connectivity index (χ0) is 24.3. The number of benzene rings is 1. The van der Waals surface area contributed by atoms with Gasteiger partial charge in [0.2, 0.25) is 5.60 Å². The van der Waals surface area contributed by atoms with E-state index in [1.807, 2.05) is 68.6 Å². The van der Waals surface area contributed by atoms with Gasteiger partial charge in [0.05, 0.1) is 9.75 Å². The number of aliphatic hydroxyl groups is 1. The summed E-state index contributed by atoms with van der Waals surface area (Å²) in [4.78, 5) is 29.4. The highest BCUT2D eigenvalue weighted by molar-refractivity contribution is 7.16. The quantitative estimate of drug-likeness (QED) is 0.459. The van der Waals surface area contributed by atoms with E-state index >= 15 is 0 Å². The molecule has 1 N–H and O–H groups in total. The predicted molar refractivity (Wildman–Crippen MR) is 134 cm³/mol. The highest BCUT2D eigenvalue weighted by atomic mass is 32.1. The van der Waals surface area contributed by atoms with Crippen LogP contribution in [0.5, 0.6) is 0 Å². The Hall–Kier alpha value is -2.68. The average molecular weight is 500 g/mol. The Morgan fingerprint density at radius 3 is 2.29 bits per heavy atom. The van der Waals surface area contributed by atoms with Gasteiger partial charge in [-0.1, -0.05) is 36.4 Å². The van der Waals surface area contributed by atoms with Crippen LogP contribution in [0.1, 0.15) is 43.4 Å². The molecular formula is C26H29NO5S2. The number of carbonyl (C=O) groups is 2. The fraction of sp³-hybridized carbons (Fsp3) is 0.385. The van der Waals surface area contributed by atoms with Crippen molar-refractivity contribution in [3.63, 3.8) is 0 Å². The fourth-order valence-electron chi connectivity index (χ4n) is 3.82. The lowest BCUT2D eigenvalue weighted by molar-refractivity contribution is -0.169. The van der Waals surface area contributed by atoms with Crippen LogP contribution in [0.25, 0.3) is 10.4 Å². The lowest BCUT2D eigenvalue weighted by Gasteiger charge is -2.34. The van der Waals surface area contributed by atoms with Crippen LogP contribution in [0.4, 0.5) is 4.79 Å². The van der Waals surface area contributed by atoms with Crippen LogP contribution in [0.15, 0.2) is 60.0 Å². The van der Waals surface area contributed by atoms with E-state index in [9.17, 15) is 14.7 Å². The molecule has 1 aliphatic heterocycles. The first-order chi connectivity index (χ1) is 16.2. The molecule has 4 rings (SSSR count). The van der Waals surface area contributed by atoms with Crippen molar-refractivity contribution in [1.82, 2.24) is 4.90 Å². The molecular weight excluding hydrogens is 470 g/mol. The topological polar surface area (TPSA) is 76.1 Å². The number of esters is 1. The molecule has 0 aliphatic carbocycles. The number of hydrogen-bond donors (Lipinski definition) is 1. The van der Waals surface area contributed by atoms with Crippen molar-refractivity contribution in [2.75, 3.05) is 13.1 Å². The third-order valence-electron chi connectivity index (χ3n) is 5.56. The van der Waals surface area contributed by atoms with E-state index in [2.05, 4.69) is 0 Å². The maximum Gasteiger partial charge on any atom is 0.410 e. The summed E-state index contributed by atoms with van der Waals surface area (Å²) in [7, 11) is 0. The number of rotatable bonds is 5. The first-order valence-electron chi connectivity index (χ1n) is 11.3. The zero-order valence-corrected chi connectivity index (χ0v) is 21.2. The van der Waals surface area contributed by atoms with E-state index in [-0.39, 0.29) is 12.2 Å². The van der Waals surface area contributed by atoms with Crippen LogP contribution < -0.4 is 0 Å². The normalized spacial score (nSPS) is 16.6. The first kappa shape index (κ1) is 24.4. The molecule has 1 unspecified atom stereocenters. The number of hydrogen-bond acceptors (Lipinski definition) is 7. The van der Waals surface area contributed by atoms with E-state index in [1.54, 1.807) is 17.0 Å². The van der Waals surface area contributed by atoms with Gasteiger partial charge in [0.25, 0.3) is 0 Å². The van der Waals surface area contributed by atoms with Crippen molar-refractivity contribution in [2.24, 2.45) is 0 Å². The SMILES string of the molecule is CC(C)(C)OC(=O)N1CCC(OC(=O)C(O)(c2cccs2)c2ccc(-c3ccccc3)s2)CC1. The summed E-state index contributed by atoms with van der Waals surface area (Å²) in [5, 5.41) is 13.6. The molecule has 1 aliphatic rings. The molecule has 3 aromatic rings. The Kier molecular flexibility index (Phi) is 7.12. The Bertz CT molecular complexity index is 1110. The number of carbonyl (C=O) groups excluding carboxylic acids is 2. The number of nitrogens with zero attached hydrogens (tertiary/aromatic N) is 1. The highest BCUT2D eigenvalue weighted by Crippen LogP contribution is 2.41. The molecule has 1 amide bonds. The van der Waals surface area contributed by atoms with Gasteiger partial charge in [0, 0.05) is 30.8 Å². The molecule has 34 heavy (non-hydrogen) atoms. The molecule has 6 nitrogen and oxygen atoms in total. The highest BCUT2D eigenvalue weighted by Gasteiger charge is 2.45. The molecule has 0 bridgehead atoms. The van der Waals surface area contributed by atoms with E-state index in [0.29, 0.717) is 35.7 Å². The van der Waals surface area contributed by atoms with Crippen molar-refractivity contribution in [2.45, 2.75) is 50.9 Å². The van der Waals surface area contributed by atoms with Crippen molar-refractivity contribution >= 4 is 34.7 Å². The minimum atomic E-state index is -1.88. The molecule has 0 spiro atoms. The Morgan fingerprint density at radius 1 is 0.971 bits per heavy atom. The first-order valence-corrected chi connectivity index (χ1v) is 13.0. The second-order valence-electron chi connectivity index (χ2n) is 9.29. The van der Waals surface area contributed by atoms with Crippen molar-refractivity contribution in [3.05, 3.63) is 69.7 Å². The average Bonchev–Trinajstić information content (AvgIpc) is 3.51. The summed E-state index contributed by atoms with van der Waals surface area (Å²) in [5.74, 6) is -0.688. The van der Waals surface area contributed by atoms with Gasteiger partial charge in [-0.05, 0) is 49.9 Å². The Balaban J connectivity index is 1.48. The standard InChI is InChI=1S/C26H29NO5S2/c1-25(2,3)32-24(29)27-15-13-19(14-16-27)31-23(28)26(30,21-10-7-17-33-21)22-12-11-20(34-22)18-8-5-4-6-9-18/h4-12,17,19,30H,13-16H2,1-3H3. The van der Waals surface area contributed by atoms with Gasteiger partial charge >= 0.3 is 12.1 Å². The summed E-state index contributed by atoms with van der Waals surface area (Å²) in [6.45, 7) is 6.36. The third-order valence-corrected chi connectivity index (χ3v) is 7.78. The molecule has 0 radical (unpaired) electrons. The summed E-state index contributed by atoms with van der Waals surface area (Å²) >= 11 is 2.69. The van der Waals surface area contributed by atoms with Crippen molar-refractivity contribution < 1.29 is 24.2 Å². The molecule has 1 saturated heterocycles. The van der Waals surface area contributed by atoms with Crippen molar-refractivity contribution in [1.29, 1.82) is 0 Å². The summed E-state index contributed by atoms with van der Waals surface area (Å²) in [5.41, 5.74) is -1.42. The minimum Gasteiger partial charge on any atom is -0.460 e. The number of likely N-dealkylation sites (tertiary alicyclic amines) is 1.